The number of aromatic nitrogens is 1. The van der Waals surface area contributed by atoms with E-state index in [1.807, 2.05) is 6.07 Å². The summed E-state index contributed by atoms with van der Waals surface area (Å²) in [7, 11) is 0. The van der Waals surface area contributed by atoms with Crippen molar-refractivity contribution < 1.29 is 5.11 Å². The highest BCUT2D eigenvalue weighted by molar-refractivity contribution is 5.26. The van der Waals surface area contributed by atoms with Crippen molar-refractivity contribution in [2.24, 2.45) is 11.7 Å². The lowest BCUT2D eigenvalue weighted by atomic mass is 9.77. The van der Waals surface area contributed by atoms with E-state index in [2.05, 4.69) is 4.98 Å². The van der Waals surface area contributed by atoms with E-state index >= 15 is 0 Å². The zero-order chi connectivity index (χ0) is 9.97. The number of nitrogens with zero attached hydrogens (tertiary/aromatic N) is 1. The highest BCUT2D eigenvalue weighted by Gasteiger charge is 2.26. The van der Waals surface area contributed by atoms with Crippen LogP contribution in [-0.2, 0) is 6.61 Å². The van der Waals surface area contributed by atoms with E-state index in [-0.39, 0.29) is 12.6 Å². The molecule has 0 bridgehead atoms. The minimum atomic E-state index is 0.0313. The van der Waals surface area contributed by atoms with Gasteiger partial charge in [-0.25, -0.2) is 0 Å². The van der Waals surface area contributed by atoms with Crippen LogP contribution in [0.25, 0.3) is 0 Å². The lowest BCUT2D eigenvalue weighted by molar-refractivity contribution is 0.253. The van der Waals surface area contributed by atoms with Gasteiger partial charge >= 0.3 is 0 Å². The molecule has 0 aliphatic heterocycles. The van der Waals surface area contributed by atoms with Gasteiger partial charge < -0.3 is 10.8 Å². The third-order valence-electron chi connectivity index (χ3n) is 3.13. The molecule has 14 heavy (non-hydrogen) atoms. The molecule has 1 aliphatic carbocycles. The maximum atomic E-state index is 9.14. The Morgan fingerprint density at radius 3 is 2.93 bits per heavy atom. The maximum Gasteiger partial charge on any atom is 0.0700 e. The molecular weight excluding hydrogens is 176 g/mol. The summed E-state index contributed by atoms with van der Waals surface area (Å²) >= 11 is 0. The van der Waals surface area contributed by atoms with Gasteiger partial charge in [0.05, 0.1) is 6.61 Å². The molecule has 1 aromatic heterocycles. The zero-order valence-corrected chi connectivity index (χ0v) is 8.19. The standard InChI is InChI=1S/C11H16N2O/c12-11(8-2-1-3-8)10-4-5-13-6-9(10)7-14/h4-6,8,11,14H,1-3,7,12H2. The molecule has 1 unspecified atom stereocenters. The number of hydrogen-bond donors (Lipinski definition) is 2. The third kappa shape index (κ3) is 1.65. The number of aliphatic hydroxyl groups excluding tert-OH is 1. The van der Waals surface area contributed by atoms with Crippen LogP contribution in [0.4, 0.5) is 0 Å². The molecule has 1 aromatic rings. The molecule has 0 radical (unpaired) electrons. The Hall–Kier alpha value is -0.930. The number of rotatable bonds is 3. The summed E-state index contributed by atoms with van der Waals surface area (Å²) in [5, 5.41) is 9.14. The van der Waals surface area contributed by atoms with Gasteiger partial charge in [-0.05, 0) is 30.4 Å². The van der Waals surface area contributed by atoms with Crippen molar-refractivity contribution in [1.82, 2.24) is 4.98 Å². The highest BCUT2D eigenvalue weighted by Crippen LogP contribution is 2.36. The molecule has 1 atom stereocenters. The lowest BCUT2D eigenvalue weighted by Gasteiger charge is -2.32. The maximum absolute atomic E-state index is 9.14. The third-order valence-corrected chi connectivity index (χ3v) is 3.13. The van der Waals surface area contributed by atoms with Crippen molar-refractivity contribution >= 4 is 0 Å². The Balaban J connectivity index is 2.20. The largest absolute Gasteiger partial charge is 0.392 e. The van der Waals surface area contributed by atoms with Crippen molar-refractivity contribution in [2.45, 2.75) is 31.9 Å². The second-order valence-electron chi connectivity index (χ2n) is 3.95. The summed E-state index contributed by atoms with van der Waals surface area (Å²) in [6.45, 7) is 0.0313. The van der Waals surface area contributed by atoms with Crippen LogP contribution in [0, 0.1) is 5.92 Å². The predicted octanol–water partition coefficient (Wildman–Crippen LogP) is 1.37. The van der Waals surface area contributed by atoms with Crippen LogP contribution in [0.15, 0.2) is 18.5 Å². The zero-order valence-electron chi connectivity index (χ0n) is 8.19. The predicted molar refractivity (Wildman–Crippen MR) is 54.4 cm³/mol. The second kappa shape index (κ2) is 4.07. The molecule has 0 aromatic carbocycles. The Bertz CT molecular complexity index is 310. The van der Waals surface area contributed by atoms with Gasteiger partial charge in [0.25, 0.3) is 0 Å². The Morgan fingerprint density at radius 2 is 2.36 bits per heavy atom. The SMILES string of the molecule is NC(c1ccncc1CO)C1CCC1. The van der Waals surface area contributed by atoms with E-state index in [9.17, 15) is 0 Å². The Morgan fingerprint density at radius 1 is 1.57 bits per heavy atom. The van der Waals surface area contributed by atoms with Gasteiger partial charge in [0, 0.05) is 24.0 Å². The molecule has 3 heteroatoms. The van der Waals surface area contributed by atoms with E-state index in [0.29, 0.717) is 5.92 Å². The van der Waals surface area contributed by atoms with Crippen molar-refractivity contribution in [3.8, 4) is 0 Å². The normalized spacial score (nSPS) is 19.0. The number of hydrogen-bond acceptors (Lipinski definition) is 3. The molecule has 3 N–H and O–H groups in total. The van der Waals surface area contributed by atoms with E-state index < -0.39 is 0 Å². The molecule has 1 saturated carbocycles. The summed E-state index contributed by atoms with van der Waals surface area (Å²) in [6.07, 6.45) is 7.17. The first-order chi connectivity index (χ1) is 6.83. The van der Waals surface area contributed by atoms with Gasteiger partial charge in [0.1, 0.15) is 0 Å². The number of aliphatic hydroxyl groups is 1. The fraction of sp³-hybridized carbons (Fsp3) is 0.545. The summed E-state index contributed by atoms with van der Waals surface area (Å²) in [5.74, 6) is 0.600. The van der Waals surface area contributed by atoms with Gasteiger partial charge in [-0.3, -0.25) is 4.98 Å². The summed E-state index contributed by atoms with van der Waals surface area (Å²) in [4.78, 5) is 3.99. The van der Waals surface area contributed by atoms with Crippen molar-refractivity contribution in [3.05, 3.63) is 29.6 Å². The minimum absolute atomic E-state index is 0.0313. The number of pyridine rings is 1. The number of nitrogens with two attached hydrogens (primary N) is 1. The molecule has 1 aliphatic rings. The van der Waals surface area contributed by atoms with Gasteiger partial charge in [0.2, 0.25) is 0 Å². The van der Waals surface area contributed by atoms with Crippen LogP contribution in [0.3, 0.4) is 0 Å². The molecule has 2 rings (SSSR count). The molecule has 76 valence electrons. The molecular formula is C11H16N2O. The molecule has 0 amide bonds. The van der Waals surface area contributed by atoms with E-state index in [4.69, 9.17) is 10.8 Å². The summed E-state index contributed by atoms with van der Waals surface area (Å²) in [6, 6.07) is 2.00. The van der Waals surface area contributed by atoms with Crippen LogP contribution < -0.4 is 5.73 Å². The van der Waals surface area contributed by atoms with E-state index in [1.165, 1.54) is 19.3 Å². The first-order valence-electron chi connectivity index (χ1n) is 5.12. The first kappa shape index (κ1) is 9.62. The molecule has 0 saturated heterocycles. The van der Waals surface area contributed by atoms with Crippen LogP contribution >= 0.6 is 0 Å². The smallest absolute Gasteiger partial charge is 0.0700 e. The first-order valence-corrected chi connectivity index (χ1v) is 5.12. The van der Waals surface area contributed by atoms with Gasteiger partial charge in [0.15, 0.2) is 0 Å². The van der Waals surface area contributed by atoms with Gasteiger partial charge in [-0.15, -0.1) is 0 Å². The lowest BCUT2D eigenvalue weighted by Crippen LogP contribution is -2.27. The van der Waals surface area contributed by atoms with E-state index in [0.717, 1.165) is 11.1 Å². The average Bonchev–Trinajstić information content (AvgIpc) is 2.15. The Kier molecular flexibility index (Phi) is 2.79. The van der Waals surface area contributed by atoms with Crippen LogP contribution in [0.1, 0.15) is 36.4 Å². The van der Waals surface area contributed by atoms with Gasteiger partial charge in [-0.2, -0.15) is 0 Å². The quantitative estimate of drug-likeness (QED) is 0.760. The fourth-order valence-electron chi connectivity index (χ4n) is 1.95. The van der Waals surface area contributed by atoms with Crippen molar-refractivity contribution in [1.29, 1.82) is 0 Å². The second-order valence-corrected chi connectivity index (χ2v) is 3.95. The van der Waals surface area contributed by atoms with Crippen molar-refractivity contribution in [2.75, 3.05) is 0 Å². The molecule has 1 fully saturated rings. The summed E-state index contributed by atoms with van der Waals surface area (Å²) < 4.78 is 0. The minimum Gasteiger partial charge on any atom is -0.392 e. The average molecular weight is 192 g/mol. The molecule has 0 spiro atoms. The molecule has 3 nitrogen and oxygen atoms in total. The Labute approximate surface area is 84.0 Å². The summed E-state index contributed by atoms with van der Waals surface area (Å²) in [5.41, 5.74) is 8.07. The monoisotopic (exact) mass is 192 g/mol. The van der Waals surface area contributed by atoms with E-state index in [1.54, 1.807) is 12.4 Å². The van der Waals surface area contributed by atoms with Crippen LogP contribution in [-0.4, -0.2) is 10.1 Å². The molecule has 1 heterocycles. The fourth-order valence-corrected chi connectivity index (χ4v) is 1.95. The van der Waals surface area contributed by atoms with Gasteiger partial charge in [-0.1, -0.05) is 6.42 Å². The van der Waals surface area contributed by atoms with Crippen molar-refractivity contribution in [3.63, 3.8) is 0 Å². The topological polar surface area (TPSA) is 59.1 Å². The highest BCUT2D eigenvalue weighted by atomic mass is 16.3. The van der Waals surface area contributed by atoms with Crippen LogP contribution in [0.2, 0.25) is 0 Å². The van der Waals surface area contributed by atoms with Crippen LogP contribution in [0.5, 0.6) is 0 Å².